The van der Waals surface area contributed by atoms with Crippen LogP contribution >= 0.6 is 0 Å². The number of hydrogen-bond donors (Lipinski definition) is 0. The van der Waals surface area contributed by atoms with E-state index < -0.39 is 0 Å². The van der Waals surface area contributed by atoms with Gasteiger partial charge in [-0.25, -0.2) is 0 Å². The summed E-state index contributed by atoms with van der Waals surface area (Å²) in [5, 5.41) is 0. The molecule has 46 heavy (non-hydrogen) atoms. The van der Waals surface area contributed by atoms with E-state index in [1.165, 1.54) is 167 Å². The lowest BCUT2D eigenvalue weighted by atomic mass is 10.1. The molecular formula is C43H79NO2. The summed E-state index contributed by atoms with van der Waals surface area (Å²) < 4.78 is 12.3. The third kappa shape index (κ3) is 30.2. The van der Waals surface area contributed by atoms with Gasteiger partial charge < -0.3 is 9.47 Å². The van der Waals surface area contributed by atoms with Gasteiger partial charge in [-0.05, 0) is 103 Å². The van der Waals surface area contributed by atoms with Crippen LogP contribution in [0.1, 0.15) is 181 Å². The predicted octanol–water partition coefficient (Wildman–Crippen LogP) is 13.1. The van der Waals surface area contributed by atoms with Gasteiger partial charge in [0.15, 0.2) is 0 Å². The minimum Gasteiger partial charge on any atom is -0.380 e. The Balaban J connectivity index is 1.93. The van der Waals surface area contributed by atoms with Gasteiger partial charge in [0.25, 0.3) is 0 Å². The van der Waals surface area contributed by atoms with Crippen LogP contribution in [0.4, 0.5) is 0 Å². The highest BCUT2D eigenvalue weighted by atomic mass is 16.5. The van der Waals surface area contributed by atoms with Crippen LogP contribution in [0.15, 0.2) is 48.6 Å². The summed E-state index contributed by atoms with van der Waals surface area (Å²) in [6, 6.07) is 0.441. The zero-order valence-corrected chi connectivity index (χ0v) is 31.1. The van der Waals surface area contributed by atoms with E-state index >= 15 is 0 Å². The van der Waals surface area contributed by atoms with Crippen LogP contribution in [0, 0.1) is 0 Å². The van der Waals surface area contributed by atoms with Crippen LogP contribution in [0.3, 0.4) is 0 Å². The molecular weight excluding hydrogens is 562 g/mol. The fraction of sp³-hybridized carbons (Fsp3) is 0.814. The van der Waals surface area contributed by atoms with E-state index in [0.29, 0.717) is 6.04 Å². The van der Waals surface area contributed by atoms with E-state index in [0.717, 1.165) is 39.3 Å². The predicted molar refractivity (Wildman–Crippen MR) is 205 cm³/mol. The van der Waals surface area contributed by atoms with Crippen molar-refractivity contribution in [1.82, 2.24) is 4.90 Å². The summed E-state index contributed by atoms with van der Waals surface area (Å²) in [6.45, 7) is 10.5. The first-order valence-electron chi connectivity index (χ1n) is 20.4. The van der Waals surface area contributed by atoms with Gasteiger partial charge in [0, 0.05) is 13.2 Å². The first-order chi connectivity index (χ1) is 22.9. The summed E-state index contributed by atoms with van der Waals surface area (Å²) >= 11 is 0. The third-order valence-corrected chi connectivity index (χ3v) is 9.26. The van der Waals surface area contributed by atoms with Gasteiger partial charge in [-0.3, -0.25) is 4.90 Å². The van der Waals surface area contributed by atoms with Gasteiger partial charge in [-0.1, -0.05) is 140 Å². The molecule has 1 saturated heterocycles. The Labute approximate surface area is 288 Å². The van der Waals surface area contributed by atoms with Gasteiger partial charge in [0.05, 0.1) is 19.3 Å². The van der Waals surface area contributed by atoms with Crippen molar-refractivity contribution in [3.05, 3.63) is 48.6 Å². The molecule has 0 unspecified atom stereocenters. The molecule has 0 N–H and O–H groups in total. The quantitative estimate of drug-likeness (QED) is 0.0508. The second kappa shape index (κ2) is 36.7. The van der Waals surface area contributed by atoms with Crippen LogP contribution in [-0.4, -0.2) is 50.5 Å². The number of ether oxygens (including phenoxy) is 2. The molecule has 0 aromatic rings. The largest absolute Gasteiger partial charge is 0.380 e. The summed E-state index contributed by atoms with van der Waals surface area (Å²) in [7, 11) is 0. The molecule has 0 saturated carbocycles. The summed E-state index contributed by atoms with van der Waals surface area (Å²) in [6.07, 6.45) is 52.5. The van der Waals surface area contributed by atoms with Crippen molar-refractivity contribution in [3.8, 4) is 0 Å². The SMILES string of the molecule is CCCCCC=CCC=CCCCCCCCCOCC(COCCCCCCCCC=CCC=CCCCCC)N1CCCC1. The van der Waals surface area contributed by atoms with E-state index in [1.54, 1.807) is 0 Å². The Morgan fingerprint density at radius 3 is 1.17 bits per heavy atom. The van der Waals surface area contributed by atoms with E-state index in [-0.39, 0.29) is 0 Å². The van der Waals surface area contributed by atoms with Crippen molar-refractivity contribution in [2.45, 2.75) is 187 Å². The highest BCUT2D eigenvalue weighted by Crippen LogP contribution is 2.14. The molecule has 0 aromatic carbocycles. The smallest absolute Gasteiger partial charge is 0.0644 e. The maximum absolute atomic E-state index is 6.17. The molecule has 0 spiro atoms. The second-order valence-corrected chi connectivity index (χ2v) is 13.7. The fourth-order valence-electron chi connectivity index (χ4n) is 6.19. The van der Waals surface area contributed by atoms with Crippen molar-refractivity contribution in [1.29, 1.82) is 0 Å². The van der Waals surface area contributed by atoms with Crippen molar-refractivity contribution < 1.29 is 9.47 Å². The number of hydrogen-bond acceptors (Lipinski definition) is 3. The molecule has 1 fully saturated rings. The van der Waals surface area contributed by atoms with Gasteiger partial charge in [0.2, 0.25) is 0 Å². The normalized spacial score (nSPS) is 15.2. The van der Waals surface area contributed by atoms with Crippen LogP contribution in [0.2, 0.25) is 0 Å². The number of allylic oxidation sites excluding steroid dienone is 8. The molecule has 1 aliphatic rings. The minimum atomic E-state index is 0.441. The molecule has 268 valence electrons. The monoisotopic (exact) mass is 642 g/mol. The highest BCUT2D eigenvalue weighted by molar-refractivity contribution is 4.93. The molecule has 1 rings (SSSR count). The molecule has 0 bridgehead atoms. The Morgan fingerprint density at radius 1 is 0.435 bits per heavy atom. The Bertz CT molecular complexity index is 654. The molecule has 1 heterocycles. The second-order valence-electron chi connectivity index (χ2n) is 13.7. The number of likely N-dealkylation sites (tertiary alicyclic amines) is 1. The lowest BCUT2D eigenvalue weighted by Crippen LogP contribution is -2.40. The number of unbranched alkanes of at least 4 members (excludes halogenated alkanes) is 18. The highest BCUT2D eigenvalue weighted by Gasteiger charge is 2.22. The first-order valence-corrected chi connectivity index (χ1v) is 20.4. The zero-order valence-electron chi connectivity index (χ0n) is 31.1. The van der Waals surface area contributed by atoms with Crippen LogP contribution in [0.5, 0.6) is 0 Å². The summed E-state index contributed by atoms with van der Waals surface area (Å²) in [5.41, 5.74) is 0. The lowest BCUT2D eigenvalue weighted by molar-refractivity contribution is 0.0110. The Hall–Kier alpha value is -1.16. The maximum atomic E-state index is 6.17. The maximum Gasteiger partial charge on any atom is 0.0644 e. The van der Waals surface area contributed by atoms with Gasteiger partial charge >= 0.3 is 0 Å². The summed E-state index contributed by atoms with van der Waals surface area (Å²) in [4.78, 5) is 2.61. The average molecular weight is 642 g/mol. The lowest BCUT2D eigenvalue weighted by Gasteiger charge is -2.27. The van der Waals surface area contributed by atoms with Gasteiger partial charge in [-0.2, -0.15) is 0 Å². The van der Waals surface area contributed by atoms with Gasteiger partial charge in [-0.15, -0.1) is 0 Å². The molecule has 3 heteroatoms. The van der Waals surface area contributed by atoms with Crippen molar-refractivity contribution in [2.75, 3.05) is 39.5 Å². The topological polar surface area (TPSA) is 21.7 Å². The molecule has 0 aromatic heterocycles. The molecule has 0 radical (unpaired) electrons. The zero-order chi connectivity index (χ0) is 32.9. The first kappa shape index (κ1) is 42.9. The van der Waals surface area contributed by atoms with E-state index in [1.807, 2.05) is 0 Å². The van der Waals surface area contributed by atoms with Crippen molar-refractivity contribution >= 4 is 0 Å². The molecule has 0 aliphatic carbocycles. The van der Waals surface area contributed by atoms with Crippen molar-refractivity contribution in [2.24, 2.45) is 0 Å². The molecule has 0 atom stereocenters. The summed E-state index contributed by atoms with van der Waals surface area (Å²) in [5.74, 6) is 0. The van der Waals surface area contributed by atoms with E-state index in [9.17, 15) is 0 Å². The van der Waals surface area contributed by atoms with E-state index in [2.05, 4.69) is 67.4 Å². The van der Waals surface area contributed by atoms with Crippen LogP contribution < -0.4 is 0 Å². The Morgan fingerprint density at radius 2 is 0.783 bits per heavy atom. The third-order valence-electron chi connectivity index (χ3n) is 9.26. The van der Waals surface area contributed by atoms with Gasteiger partial charge in [0.1, 0.15) is 0 Å². The Kier molecular flexibility index (Phi) is 34.2. The standard InChI is InChI=1S/C43H79NO2/c1-3-5-7-9-11-13-15-17-19-21-23-25-27-29-31-35-39-45-41-43(44-37-33-34-38-44)42-46-40-36-32-30-28-26-24-22-20-18-16-14-12-10-8-6-4-2/h11-14,17-20,43H,3-10,15-16,21-42H2,1-2H3. The average Bonchev–Trinajstić information content (AvgIpc) is 3.61. The van der Waals surface area contributed by atoms with Crippen molar-refractivity contribution in [3.63, 3.8) is 0 Å². The fourth-order valence-corrected chi connectivity index (χ4v) is 6.19. The number of nitrogens with zero attached hydrogens (tertiary/aromatic N) is 1. The molecule has 3 nitrogen and oxygen atoms in total. The molecule has 0 amide bonds. The van der Waals surface area contributed by atoms with E-state index in [4.69, 9.17) is 9.47 Å². The van der Waals surface area contributed by atoms with Crippen LogP contribution in [-0.2, 0) is 9.47 Å². The minimum absolute atomic E-state index is 0.441. The molecule has 1 aliphatic heterocycles. The van der Waals surface area contributed by atoms with Crippen LogP contribution in [0.25, 0.3) is 0 Å². The number of rotatable bonds is 35.